The molecule has 0 aromatic heterocycles. The molecule has 0 aromatic carbocycles. The monoisotopic (exact) mass is 186 g/mol. The summed E-state index contributed by atoms with van der Waals surface area (Å²) >= 11 is 6.14. The zero-order chi connectivity index (χ0) is 8.97. The minimum atomic E-state index is 0.302. The Morgan fingerprint density at radius 1 is 1.58 bits per heavy atom. The van der Waals surface area contributed by atoms with Crippen LogP contribution >= 0.6 is 11.6 Å². The highest BCUT2D eigenvalue weighted by Gasteiger charge is 2.12. The van der Waals surface area contributed by atoms with Crippen LogP contribution in [0.15, 0.2) is 11.6 Å². The molecule has 0 nitrogen and oxygen atoms in total. The van der Waals surface area contributed by atoms with Crippen molar-refractivity contribution in [1.82, 2.24) is 0 Å². The van der Waals surface area contributed by atoms with Gasteiger partial charge in [-0.2, -0.15) is 0 Å². The summed E-state index contributed by atoms with van der Waals surface area (Å²) < 4.78 is 0. The quantitative estimate of drug-likeness (QED) is 0.449. The van der Waals surface area contributed by atoms with Crippen LogP contribution in [0.25, 0.3) is 0 Å². The van der Waals surface area contributed by atoms with Crippen molar-refractivity contribution in [2.24, 2.45) is 5.92 Å². The van der Waals surface area contributed by atoms with Gasteiger partial charge < -0.3 is 0 Å². The van der Waals surface area contributed by atoms with E-state index in [2.05, 4.69) is 19.9 Å². The van der Waals surface area contributed by atoms with E-state index in [-0.39, 0.29) is 0 Å². The Labute approximate surface area is 81.0 Å². The molecule has 2 atom stereocenters. The zero-order valence-electron chi connectivity index (χ0n) is 8.15. The first-order chi connectivity index (χ1) is 5.74. The van der Waals surface area contributed by atoms with Gasteiger partial charge in [0.1, 0.15) is 0 Å². The van der Waals surface area contributed by atoms with Gasteiger partial charge >= 0.3 is 0 Å². The second-order valence-corrected chi connectivity index (χ2v) is 4.37. The Hall–Kier alpha value is 0.0300. The number of rotatable bonds is 2. The molecule has 0 saturated heterocycles. The van der Waals surface area contributed by atoms with Crippen LogP contribution in [0.3, 0.4) is 0 Å². The molecule has 0 spiro atoms. The van der Waals surface area contributed by atoms with Gasteiger partial charge in [-0.05, 0) is 31.6 Å². The average Bonchev–Trinajstić information content (AvgIpc) is 2.28. The molecule has 1 aliphatic carbocycles. The first-order valence-corrected chi connectivity index (χ1v) is 5.52. The number of hydrogen-bond acceptors (Lipinski definition) is 0. The molecular weight excluding hydrogens is 168 g/mol. The van der Waals surface area contributed by atoms with E-state index in [1.165, 1.54) is 32.1 Å². The van der Waals surface area contributed by atoms with Gasteiger partial charge in [0.2, 0.25) is 0 Å². The van der Waals surface area contributed by atoms with Gasteiger partial charge in [-0.15, -0.1) is 11.6 Å². The van der Waals surface area contributed by atoms with Crippen LogP contribution in [0.4, 0.5) is 0 Å². The Kier molecular flexibility index (Phi) is 4.14. The van der Waals surface area contributed by atoms with E-state index in [4.69, 9.17) is 11.6 Å². The van der Waals surface area contributed by atoms with Crippen LogP contribution in [0.2, 0.25) is 0 Å². The highest BCUT2D eigenvalue weighted by atomic mass is 35.5. The van der Waals surface area contributed by atoms with E-state index in [0.29, 0.717) is 5.38 Å². The predicted octanol–water partition coefficient (Wildman–Crippen LogP) is 4.14. The minimum Gasteiger partial charge on any atom is -0.118 e. The van der Waals surface area contributed by atoms with Gasteiger partial charge in [-0.25, -0.2) is 0 Å². The van der Waals surface area contributed by atoms with Crippen LogP contribution in [-0.4, -0.2) is 5.38 Å². The normalized spacial score (nSPS) is 27.6. The molecule has 0 aliphatic heterocycles. The third-order valence-corrected chi connectivity index (χ3v) is 3.18. The van der Waals surface area contributed by atoms with E-state index in [9.17, 15) is 0 Å². The molecule has 1 rings (SSSR count). The summed E-state index contributed by atoms with van der Waals surface area (Å²) in [6.07, 6.45) is 8.61. The van der Waals surface area contributed by atoms with Crippen molar-refractivity contribution in [1.29, 1.82) is 0 Å². The van der Waals surface area contributed by atoms with Crippen LogP contribution in [0, 0.1) is 5.92 Å². The Balaban J connectivity index is 2.59. The van der Waals surface area contributed by atoms with Crippen molar-refractivity contribution >= 4 is 11.6 Å². The molecule has 0 bridgehead atoms. The Morgan fingerprint density at radius 3 is 3.00 bits per heavy atom. The average molecular weight is 187 g/mol. The lowest BCUT2D eigenvalue weighted by Gasteiger charge is -2.12. The van der Waals surface area contributed by atoms with E-state index >= 15 is 0 Å². The van der Waals surface area contributed by atoms with Crippen molar-refractivity contribution < 1.29 is 0 Å². The minimum absolute atomic E-state index is 0.302. The van der Waals surface area contributed by atoms with Crippen LogP contribution in [-0.2, 0) is 0 Å². The van der Waals surface area contributed by atoms with Gasteiger partial charge in [-0.3, -0.25) is 0 Å². The summed E-state index contributed by atoms with van der Waals surface area (Å²) in [6.45, 7) is 4.56. The fourth-order valence-electron chi connectivity index (χ4n) is 1.74. The maximum atomic E-state index is 6.14. The lowest BCUT2D eigenvalue weighted by molar-refractivity contribution is 0.608. The fourth-order valence-corrected chi connectivity index (χ4v) is 2.06. The maximum Gasteiger partial charge on any atom is 0.0518 e. The lowest BCUT2D eigenvalue weighted by atomic mass is 9.95. The second kappa shape index (κ2) is 4.91. The topological polar surface area (TPSA) is 0 Å². The molecule has 0 saturated carbocycles. The molecule has 0 fully saturated rings. The molecule has 12 heavy (non-hydrogen) atoms. The summed E-state index contributed by atoms with van der Waals surface area (Å²) in [5, 5.41) is 0.302. The van der Waals surface area contributed by atoms with Crippen molar-refractivity contribution in [3.05, 3.63) is 11.6 Å². The van der Waals surface area contributed by atoms with Crippen LogP contribution in [0.1, 0.15) is 46.0 Å². The van der Waals surface area contributed by atoms with E-state index in [1.54, 1.807) is 5.57 Å². The van der Waals surface area contributed by atoms with Gasteiger partial charge in [0.15, 0.2) is 0 Å². The summed E-state index contributed by atoms with van der Waals surface area (Å²) in [5.74, 6) is 0.740. The number of halogens is 1. The largest absolute Gasteiger partial charge is 0.118 e. The molecule has 0 heterocycles. The molecule has 1 aliphatic rings. The molecule has 0 radical (unpaired) electrons. The molecule has 70 valence electrons. The van der Waals surface area contributed by atoms with Crippen LogP contribution in [0.5, 0.6) is 0 Å². The molecule has 1 heteroatoms. The molecule has 0 aromatic rings. The number of hydrogen-bond donors (Lipinski definition) is 0. The first-order valence-electron chi connectivity index (χ1n) is 5.08. The fraction of sp³-hybridized carbons (Fsp3) is 0.818. The smallest absolute Gasteiger partial charge is 0.0518 e. The Bertz CT molecular complexity index is 160. The van der Waals surface area contributed by atoms with Gasteiger partial charge in [0.25, 0.3) is 0 Å². The van der Waals surface area contributed by atoms with E-state index in [1.807, 2.05) is 0 Å². The van der Waals surface area contributed by atoms with Gasteiger partial charge in [-0.1, -0.05) is 31.9 Å². The van der Waals surface area contributed by atoms with Crippen molar-refractivity contribution in [3.63, 3.8) is 0 Å². The summed E-state index contributed by atoms with van der Waals surface area (Å²) in [6, 6.07) is 0. The standard InChI is InChI=1S/C11H19Cl/c1-3-9(2)10-6-4-5-7-11(12)8-10/h8-9,11H,3-7H2,1-2H3. The van der Waals surface area contributed by atoms with Crippen molar-refractivity contribution in [2.75, 3.05) is 0 Å². The molecule has 2 unspecified atom stereocenters. The zero-order valence-corrected chi connectivity index (χ0v) is 8.90. The highest BCUT2D eigenvalue weighted by Crippen LogP contribution is 2.27. The lowest BCUT2D eigenvalue weighted by Crippen LogP contribution is -1.99. The van der Waals surface area contributed by atoms with Crippen molar-refractivity contribution in [3.8, 4) is 0 Å². The SMILES string of the molecule is CCC(C)C1=CC(Cl)CCCC1. The summed E-state index contributed by atoms with van der Waals surface area (Å²) in [4.78, 5) is 0. The molecule has 0 amide bonds. The highest BCUT2D eigenvalue weighted by molar-refractivity contribution is 6.21. The second-order valence-electron chi connectivity index (χ2n) is 3.81. The maximum absolute atomic E-state index is 6.14. The van der Waals surface area contributed by atoms with E-state index in [0.717, 1.165) is 5.92 Å². The summed E-state index contributed by atoms with van der Waals surface area (Å²) in [7, 11) is 0. The Morgan fingerprint density at radius 2 is 2.33 bits per heavy atom. The number of alkyl halides is 1. The predicted molar refractivity (Wildman–Crippen MR) is 55.6 cm³/mol. The van der Waals surface area contributed by atoms with Crippen molar-refractivity contribution in [2.45, 2.75) is 51.3 Å². The van der Waals surface area contributed by atoms with Gasteiger partial charge in [0, 0.05) is 0 Å². The summed E-state index contributed by atoms with van der Waals surface area (Å²) in [5.41, 5.74) is 1.59. The molecular formula is C11H19Cl. The third-order valence-electron chi connectivity index (χ3n) is 2.84. The number of allylic oxidation sites excluding steroid dienone is 2. The van der Waals surface area contributed by atoms with Gasteiger partial charge in [0.05, 0.1) is 5.38 Å². The van der Waals surface area contributed by atoms with Crippen LogP contribution < -0.4 is 0 Å². The first kappa shape index (κ1) is 10.1. The van der Waals surface area contributed by atoms with E-state index < -0.39 is 0 Å². The third kappa shape index (κ3) is 2.82. The molecule has 0 N–H and O–H groups in total.